The smallest absolute Gasteiger partial charge is 0.257 e. The van der Waals surface area contributed by atoms with Crippen LogP contribution in [0.5, 0.6) is 5.75 Å². The Kier molecular flexibility index (Phi) is 9.75. The molecule has 2 aromatic carbocycles. The summed E-state index contributed by atoms with van der Waals surface area (Å²) in [6, 6.07) is 11.9. The lowest BCUT2D eigenvalue weighted by Crippen LogP contribution is -2.34. The van der Waals surface area contributed by atoms with Crippen molar-refractivity contribution in [3.8, 4) is 5.75 Å². The normalized spacial score (nSPS) is 10.5. The van der Waals surface area contributed by atoms with Gasteiger partial charge in [-0.05, 0) is 67.4 Å². The van der Waals surface area contributed by atoms with Crippen LogP contribution in [0.15, 0.2) is 42.5 Å². The number of carbonyl (C=O) groups excluding carboxylic acids is 2. The number of amides is 2. The van der Waals surface area contributed by atoms with Crippen molar-refractivity contribution < 1.29 is 14.3 Å². The molecule has 8 heteroatoms. The number of hydrogen-bond donors (Lipinski definition) is 3. The molecule has 0 bridgehead atoms. The van der Waals surface area contributed by atoms with Crippen LogP contribution in [0.3, 0.4) is 0 Å². The van der Waals surface area contributed by atoms with Crippen LogP contribution in [-0.2, 0) is 4.79 Å². The average molecular weight is 462 g/mol. The second-order valence-electron chi connectivity index (χ2n) is 7.46. The number of ether oxygens (including phenoxy) is 1. The summed E-state index contributed by atoms with van der Waals surface area (Å²) in [6.45, 7) is 6.78. The minimum atomic E-state index is -0.365. The lowest BCUT2D eigenvalue weighted by atomic mass is 10.1. The third kappa shape index (κ3) is 8.55. The molecule has 3 N–H and O–H groups in total. The second-order valence-corrected chi connectivity index (χ2v) is 8.28. The molecule has 2 rings (SSSR count). The first kappa shape index (κ1) is 24.6. The molecule has 0 aromatic heterocycles. The fourth-order valence-electron chi connectivity index (χ4n) is 2.62. The monoisotopic (exact) mass is 461 g/mol. The van der Waals surface area contributed by atoms with E-state index < -0.39 is 0 Å². The molecule has 166 valence electrons. The Bertz CT molecular complexity index is 934. The molecule has 31 heavy (non-hydrogen) atoms. The van der Waals surface area contributed by atoms with Crippen LogP contribution in [0.1, 0.15) is 50.4 Å². The number of benzene rings is 2. The molecule has 0 aliphatic heterocycles. The molecular weight excluding hydrogens is 434 g/mol. The zero-order chi connectivity index (χ0) is 22.8. The zero-order valence-electron chi connectivity index (χ0n) is 18.0. The number of thiocarbonyl (C=S) groups is 1. The highest BCUT2D eigenvalue weighted by Gasteiger charge is 2.11. The molecule has 2 aromatic rings. The number of halogens is 1. The average Bonchev–Trinajstić information content (AvgIpc) is 2.70. The number of anilines is 2. The van der Waals surface area contributed by atoms with E-state index in [4.69, 9.17) is 28.6 Å². The van der Waals surface area contributed by atoms with Gasteiger partial charge in [-0.2, -0.15) is 0 Å². The van der Waals surface area contributed by atoms with E-state index in [0.29, 0.717) is 46.7 Å². The van der Waals surface area contributed by atoms with E-state index in [-0.39, 0.29) is 16.9 Å². The molecule has 0 spiro atoms. The highest BCUT2D eigenvalue weighted by molar-refractivity contribution is 7.80. The fourth-order valence-corrected chi connectivity index (χ4v) is 2.99. The van der Waals surface area contributed by atoms with Gasteiger partial charge in [0.15, 0.2) is 5.11 Å². The molecule has 0 radical (unpaired) electrons. The van der Waals surface area contributed by atoms with Gasteiger partial charge in [0.25, 0.3) is 5.91 Å². The Labute approximate surface area is 193 Å². The minimum Gasteiger partial charge on any atom is -0.494 e. The van der Waals surface area contributed by atoms with Gasteiger partial charge in [-0.3, -0.25) is 14.9 Å². The van der Waals surface area contributed by atoms with Crippen LogP contribution in [0.2, 0.25) is 5.02 Å². The lowest BCUT2D eigenvalue weighted by Gasteiger charge is -2.13. The molecule has 0 saturated carbocycles. The van der Waals surface area contributed by atoms with Crippen LogP contribution in [0.4, 0.5) is 11.4 Å². The van der Waals surface area contributed by atoms with E-state index in [1.807, 2.05) is 13.0 Å². The van der Waals surface area contributed by atoms with Crippen LogP contribution in [0, 0.1) is 5.92 Å². The van der Waals surface area contributed by atoms with Crippen molar-refractivity contribution in [1.82, 2.24) is 5.32 Å². The molecule has 0 saturated heterocycles. The summed E-state index contributed by atoms with van der Waals surface area (Å²) >= 11 is 11.5. The van der Waals surface area contributed by atoms with Gasteiger partial charge in [-0.25, -0.2) is 0 Å². The van der Waals surface area contributed by atoms with Gasteiger partial charge in [0.2, 0.25) is 5.91 Å². The summed E-state index contributed by atoms with van der Waals surface area (Å²) in [5.41, 5.74) is 1.50. The van der Waals surface area contributed by atoms with Gasteiger partial charge in [0.1, 0.15) is 5.75 Å². The molecule has 0 aliphatic rings. The van der Waals surface area contributed by atoms with Crippen molar-refractivity contribution in [2.45, 2.75) is 40.0 Å². The molecule has 2 amide bonds. The van der Waals surface area contributed by atoms with Gasteiger partial charge in [0, 0.05) is 17.7 Å². The molecule has 0 aliphatic carbocycles. The summed E-state index contributed by atoms with van der Waals surface area (Å²) in [5, 5.41) is 8.84. The van der Waals surface area contributed by atoms with E-state index in [9.17, 15) is 9.59 Å². The molecule has 0 fully saturated rings. The largest absolute Gasteiger partial charge is 0.494 e. The zero-order valence-corrected chi connectivity index (χ0v) is 19.5. The summed E-state index contributed by atoms with van der Waals surface area (Å²) in [7, 11) is 0. The number of rotatable bonds is 9. The summed E-state index contributed by atoms with van der Waals surface area (Å²) < 4.78 is 5.71. The molecule has 0 unspecified atom stereocenters. The lowest BCUT2D eigenvalue weighted by molar-refractivity contribution is -0.116. The van der Waals surface area contributed by atoms with Crippen molar-refractivity contribution in [3.05, 3.63) is 53.1 Å². The quantitative estimate of drug-likeness (QED) is 0.422. The first-order valence-electron chi connectivity index (χ1n) is 10.2. The summed E-state index contributed by atoms with van der Waals surface area (Å²) in [6.07, 6.45) is 2.12. The summed E-state index contributed by atoms with van der Waals surface area (Å²) in [5.74, 6) is 0.725. The Morgan fingerprint density at radius 3 is 2.61 bits per heavy atom. The van der Waals surface area contributed by atoms with Gasteiger partial charge >= 0.3 is 0 Å². The highest BCUT2D eigenvalue weighted by atomic mass is 35.5. The Hall–Kier alpha value is -2.64. The third-order valence-corrected chi connectivity index (χ3v) is 4.80. The topological polar surface area (TPSA) is 79.5 Å². The number of nitrogens with one attached hydrogen (secondary N) is 3. The van der Waals surface area contributed by atoms with E-state index >= 15 is 0 Å². The maximum atomic E-state index is 12.6. The first-order valence-corrected chi connectivity index (χ1v) is 11.0. The van der Waals surface area contributed by atoms with Crippen LogP contribution in [0.25, 0.3) is 0 Å². The minimum absolute atomic E-state index is 0.0813. The van der Waals surface area contributed by atoms with E-state index in [0.717, 1.165) is 12.8 Å². The second kappa shape index (κ2) is 12.3. The first-order chi connectivity index (χ1) is 14.8. The van der Waals surface area contributed by atoms with Gasteiger partial charge < -0.3 is 15.4 Å². The van der Waals surface area contributed by atoms with Gasteiger partial charge in [-0.15, -0.1) is 0 Å². The Morgan fingerprint density at radius 1 is 1.13 bits per heavy atom. The summed E-state index contributed by atoms with van der Waals surface area (Å²) in [4.78, 5) is 24.4. The maximum absolute atomic E-state index is 12.6. The Balaban J connectivity index is 1.98. The maximum Gasteiger partial charge on any atom is 0.257 e. The predicted octanol–water partition coefficient (Wildman–Crippen LogP) is 5.63. The van der Waals surface area contributed by atoms with Crippen molar-refractivity contribution in [2.75, 3.05) is 17.2 Å². The molecule has 6 nitrogen and oxygen atoms in total. The van der Waals surface area contributed by atoms with Crippen LogP contribution < -0.4 is 20.7 Å². The van der Waals surface area contributed by atoms with Crippen molar-refractivity contribution >= 4 is 52.1 Å². The number of hydrogen-bond acceptors (Lipinski definition) is 4. The highest BCUT2D eigenvalue weighted by Crippen LogP contribution is 2.25. The molecule has 0 heterocycles. The van der Waals surface area contributed by atoms with Crippen molar-refractivity contribution in [1.29, 1.82) is 0 Å². The number of carbonyl (C=O) groups is 2. The van der Waals surface area contributed by atoms with Gasteiger partial charge in [-0.1, -0.05) is 38.4 Å². The van der Waals surface area contributed by atoms with Crippen molar-refractivity contribution in [2.24, 2.45) is 5.92 Å². The van der Waals surface area contributed by atoms with E-state index in [1.165, 1.54) is 0 Å². The molecular formula is C23H28ClN3O3S. The van der Waals surface area contributed by atoms with E-state index in [2.05, 4.69) is 29.8 Å². The van der Waals surface area contributed by atoms with E-state index in [1.54, 1.807) is 36.4 Å². The fraction of sp³-hybridized carbons (Fsp3) is 0.348. The van der Waals surface area contributed by atoms with Crippen LogP contribution >= 0.6 is 23.8 Å². The molecule has 0 atom stereocenters. The standard InChI is InChI=1S/C23H28ClN3O3S/c1-4-6-21(28)25-17-9-10-19(24)20(14-17)26-23(31)27-22(29)16-7-5-8-18(13-16)30-12-11-15(2)3/h5,7-10,13-15H,4,6,11-12H2,1-3H3,(H,25,28)(H2,26,27,29,31). The SMILES string of the molecule is CCCC(=O)Nc1ccc(Cl)c(NC(=S)NC(=O)c2cccc(OCCC(C)C)c2)c1. The third-order valence-electron chi connectivity index (χ3n) is 4.26. The van der Waals surface area contributed by atoms with Crippen LogP contribution in [-0.4, -0.2) is 23.5 Å². The van der Waals surface area contributed by atoms with Gasteiger partial charge in [0.05, 0.1) is 17.3 Å². The predicted molar refractivity (Wildman–Crippen MR) is 130 cm³/mol. The Morgan fingerprint density at radius 2 is 1.90 bits per heavy atom. The van der Waals surface area contributed by atoms with Crippen molar-refractivity contribution in [3.63, 3.8) is 0 Å².